The number of nitrogens with one attached hydrogen (secondary N) is 2. The minimum Gasteiger partial charge on any atom is -0.305 e. The van der Waals surface area contributed by atoms with E-state index in [1.165, 1.54) is 12.8 Å². The molecule has 1 aliphatic carbocycles. The molecule has 0 saturated heterocycles. The lowest BCUT2D eigenvalue weighted by molar-refractivity contribution is 0.102. The van der Waals surface area contributed by atoms with E-state index < -0.39 is 0 Å². The van der Waals surface area contributed by atoms with E-state index in [0.717, 1.165) is 11.3 Å². The Morgan fingerprint density at radius 2 is 2.26 bits per heavy atom. The zero-order valence-electron chi connectivity index (χ0n) is 10.5. The Morgan fingerprint density at radius 1 is 1.47 bits per heavy atom. The molecule has 1 heterocycles. The van der Waals surface area contributed by atoms with E-state index in [-0.39, 0.29) is 5.91 Å². The summed E-state index contributed by atoms with van der Waals surface area (Å²) in [6, 6.07) is 6.86. The first-order valence-corrected chi connectivity index (χ1v) is 6.64. The summed E-state index contributed by atoms with van der Waals surface area (Å²) in [6.45, 7) is 1.98. The topological polar surface area (TPSA) is 57.8 Å². The zero-order chi connectivity index (χ0) is 13.4. The van der Waals surface area contributed by atoms with Crippen molar-refractivity contribution in [3.8, 4) is 0 Å². The van der Waals surface area contributed by atoms with E-state index in [9.17, 15) is 4.79 Å². The van der Waals surface area contributed by atoms with Crippen LogP contribution in [0.15, 0.2) is 24.3 Å². The van der Waals surface area contributed by atoms with Gasteiger partial charge in [0.15, 0.2) is 5.82 Å². The van der Waals surface area contributed by atoms with Crippen molar-refractivity contribution in [2.24, 2.45) is 0 Å². The maximum absolute atomic E-state index is 12.1. The van der Waals surface area contributed by atoms with E-state index in [2.05, 4.69) is 15.5 Å². The van der Waals surface area contributed by atoms with Gasteiger partial charge in [-0.15, -0.1) is 0 Å². The lowest BCUT2D eigenvalue weighted by Gasteiger charge is -2.04. The van der Waals surface area contributed by atoms with E-state index >= 15 is 0 Å². The molecular formula is C14H14ClN3O. The van der Waals surface area contributed by atoms with Crippen LogP contribution in [-0.4, -0.2) is 16.1 Å². The monoisotopic (exact) mass is 275 g/mol. The first kappa shape index (κ1) is 12.2. The number of aromatic nitrogens is 2. The third kappa shape index (κ3) is 2.49. The molecule has 0 bridgehead atoms. The third-order valence-electron chi connectivity index (χ3n) is 3.35. The molecule has 0 radical (unpaired) electrons. The van der Waals surface area contributed by atoms with Crippen molar-refractivity contribution < 1.29 is 4.79 Å². The number of rotatable bonds is 3. The Bertz CT molecular complexity index is 631. The first-order valence-electron chi connectivity index (χ1n) is 6.27. The normalized spacial score (nSPS) is 14.4. The summed E-state index contributed by atoms with van der Waals surface area (Å²) in [5.74, 6) is 0.996. The molecular weight excluding hydrogens is 262 g/mol. The van der Waals surface area contributed by atoms with Gasteiger partial charge in [-0.25, -0.2) is 0 Å². The van der Waals surface area contributed by atoms with Crippen LogP contribution in [0.2, 0.25) is 5.02 Å². The second kappa shape index (κ2) is 4.70. The number of carbonyl (C=O) groups excluding carboxylic acids is 1. The van der Waals surface area contributed by atoms with E-state index in [4.69, 9.17) is 11.6 Å². The molecule has 19 heavy (non-hydrogen) atoms. The van der Waals surface area contributed by atoms with Gasteiger partial charge in [0, 0.05) is 27.8 Å². The fourth-order valence-corrected chi connectivity index (χ4v) is 2.30. The number of halogens is 1. The van der Waals surface area contributed by atoms with Gasteiger partial charge in [0.2, 0.25) is 0 Å². The first-order chi connectivity index (χ1) is 9.15. The molecule has 1 aromatic heterocycles. The quantitative estimate of drug-likeness (QED) is 0.901. The maximum Gasteiger partial charge on any atom is 0.256 e. The van der Waals surface area contributed by atoms with Crippen LogP contribution in [0, 0.1) is 6.92 Å². The van der Waals surface area contributed by atoms with Gasteiger partial charge in [-0.1, -0.05) is 17.7 Å². The Balaban J connectivity index is 1.79. The highest BCUT2D eigenvalue weighted by Gasteiger charge is 2.28. The van der Waals surface area contributed by atoms with Crippen LogP contribution in [0.25, 0.3) is 0 Å². The van der Waals surface area contributed by atoms with Gasteiger partial charge >= 0.3 is 0 Å². The SMILES string of the molecule is Cc1c(NC(=O)c2cccc(Cl)c2)n[nH]c1C1CC1. The Morgan fingerprint density at radius 3 is 2.95 bits per heavy atom. The summed E-state index contributed by atoms with van der Waals surface area (Å²) in [5.41, 5.74) is 2.70. The number of hydrogen-bond donors (Lipinski definition) is 2. The number of benzene rings is 1. The number of carbonyl (C=O) groups is 1. The molecule has 1 aromatic carbocycles. The molecule has 1 saturated carbocycles. The van der Waals surface area contributed by atoms with Crippen molar-refractivity contribution in [1.82, 2.24) is 10.2 Å². The molecule has 2 N–H and O–H groups in total. The zero-order valence-corrected chi connectivity index (χ0v) is 11.3. The molecule has 1 amide bonds. The van der Waals surface area contributed by atoms with Crippen LogP contribution in [0.5, 0.6) is 0 Å². The fraction of sp³-hybridized carbons (Fsp3) is 0.286. The predicted octanol–water partition coefficient (Wildman–Crippen LogP) is 3.50. The minimum absolute atomic E-state index is 0.195. The van der Waals surface area contributed by atoms with E-state index in [1.807, 2.05) is 6.92 Å². The standard InChI is InChI=1S/C14H14ClN3O/c1-8-12(9-5-6-9)17-18-13(8)16-14(19)10-3-2-4-11(15)7-10/h2-4,7,9H,5-6H2,1H3,(H2,16,17,18,19). The van der Waals surface area contributed by atoms with E-state index in [1.54, 1.807) is 24.3 Å². The Labute approximate surface area is 116 Å². The molecule has 2 aromatic rings. The number of anilines is 1. The highest BCUT2D eigenvalue weighted by molar-refractivity contribution is 6.31. The van der Waals surface area contributed by atoms with Crippen molar-refractivity contribution in [3.63, 3.8) is 0 Å². The van der Waals surface area contributed by atoms with Crippen molar-refractivity contribution in [3.05, 3.63) is 46.1 Å². The minimum atomic E-state index is -0.195. The Kier molecular flexibility index (Phi) is 3.03. The molecule has 4 nitrogen and oxygen atoms in total. The number of H-pyrrole nitrogens is 1. The number of nitrogens with zero attached hydrogens (tertiary/aromatic N) is 1. The number of amides is 1. The summed E-state index contributed by atoms with van der Waals surface area (Å²) in [6.07, 6.45) is 2.40. The molecule has 0 unspecified atom stereocenters. The number of hydrogen-bond acceptors (Lipinski definition) is 2. The van der Waals surface area contributed by atoms with Crippen LogP contribution in [0.3, 0.4) is 0 Å². The van der Waals surface area contributed by atoms with Gasteiger partial charge in [0.05, 0.1) is 0 Å². The average molecular weight is 276 g/mol. The summed E-state index contributed by atoms with van der Waals surface area (Å²) >= 11 is 5.88. The lowest BCUT2D eigenvalue weighted by atomic mass is 10.2. The molecule has 0 atom stereocenters. The van der Waals surface area contributed by atoms with Gasteiger partial charge in [-0.05, 0) is 38.0 Å². The van der Waals surface area contributed by atoms with Crippen molar-refractivity contribution in [1.29, 1.82) is 0 Å². The predicted molar refractivity (Wildman–Crippen MR) is 74.7 cm³/mol. The van der Waals surface area contributed by atoms with Gasteiger partial charge < -0.3 is 5.32 Å². The van der Waals surface area contributed by atoms with E-state index in [0.29, 0.717) is 22.3 Å². The second-order valence-corrected chi connectivity index (χ2v) is 5.29. The van der Waals surface area contributed by atoms with Gasteiger partial charge in [0.25, 0.3) is 5.91 Å². The van der Waals surface area contributed by atoms with Gasteiger partial charge in [-0.2, -0.15) is 5.10 Å². The third-order valence-corrected chi connectivity index (χ3v) is 3.59. The second-order valence-electron chi connectivity index (χ2n) is 4.85. The van der Waals surface area contributed by atoms with Crippen LogP contribution >= 0.6 is 11.6 Å². The lowest BCUT2D eigenvalue weighted by Crippen LogP contribution is -2.12. The van der Waals surface area contributed by atoms with Crippen molar-refractivity contribution in [2.75, 3.05) is 5.32 Å². The summed E-state index contributed by atoms with van der Waals surface area (Å²) in [5, 5.41) is 10.6. The fourth-order valence-electron chi connectivity index (χ4n) is 2.11. The van der Waals surface area contributed by atoms with Crippen molar-refractivity contribution in [2.45, 2.75) is 25.7 Å². The molecule has 0 aliphatic heterocycles. The maximum atomic E-state index is 12.1. The van der Waals surface area contributed by atoms with Gasteiger partial charge in [0.1, 0.15) is 0 Å². The smallest absolute Gasteiger partial charge is 0.256 e. The summed E-state index contributed by atoms with van der Waals surface area (Å²) in [4.78, 5) is 12.1. The summed E-state index contributed by atoms with van der Waals surface area (Å²) in [7, 11) is 0. The largest absolute Gasteiger partial charge is 0.305 e. The van der Waals surface area contributed by atoms with Crippen LogP contribution in [-0.2, 0) is 0 Å². The average Bonchev–Trinajstić information content (AvgIpc) is 3.16. The highest BCUT2D eigenvalue weighted by Crippen LogP contribution is 2.41. The Hall–Kier alpha value is -1.81. The molecule has 5 heteroatoms. The van der Waals surface area contributed by atoms with Crippen molar-refractivity contribution >= 4 is 23.3 Å². The molecule has 98 valence electrons. The molecule has 0 spiro atoms. The van der Waals surface area contributed by atoms with Crippen LogP contribution in [0.4, 0.5) is 5.82 Å². The number of aromatic amines is 1. The van der Waals surface area contributed by atoms with Crippen LogP contribution in [0.1, 0.15) is 40.4 Å². The molecule has 1 fully saturated rings. The van der Waals surface area contributed by atoms with Crippen LogP contribution < -0.4 is 5.32 Å². The highest BCUT2D eigenvalue weighted by atomic mass is 35.5. The molecule has 1 aliphatic rings. The summed E-state index contributed by atoms with van der Waals surface area (Å²) < 4.78 is 0. The van der Waals surface area contributed by atoms with Gasteiger partial charge in [-0.3, -0.25) is 9.89 Å². The molecule has 3 rings (SSSR count).